The van der Waals surface area contributed by atoms with Gasteiger partial charge in [0.2, 0.25) is 0 Å². The van der Waals surface area contributed by atoms with Gasteiger partial charge in [0, 0.05) is 24.7 Å². The topological polar surface area (TPSA) is 80.9 Å². The molecule has 0 bridgehead atoms. The molecule has 0 aliphatic heterocycles. The van der Waals surface area contributed by atoms with E-state index in [4.69, 9.17) is 5.11 Å². The molecule has 0 atom stereocenters. The van der Waals surface area contributed by atoms with Crippen molar-refractivity contribution in [2.75, 3.05) is 5.75 Å². The molecule has 6 nitrogen and oxygen atoms in total. The molecule has 0 aromatic carbocycles. The maximum absolute atomic E-state index is 10.4. The van der Waals surface area contributed by atoms with Crippen molar-refractivity contribution in [3.63, 3.8) is 0 Å². The smallest absolute Gasteiger partial charge is 0.313 e. The fourth-order valence-corrected chi connectivity index (χ4v) is 1.61. The van der Waals surface area contributed by atoms with Crippen LogP contribution in [0.5, 0.6) is 0 Å². The largest absolute Gasteiger partial charge is 0.481 e. The number of carboxylic acid groups (broad SMARTS) is 1. The summed E-state index contributed by atoms with van der Waals surface area (Å²) in [6.45, 7) is 0. The van der Waals surface area contributed by atoms with Crippen molar-refractivity contribution >= 4 is 17.7 Å². The van der Waals surface area contributed by atoms with Gasteiger partial charge in [0.15, 0.2) is 11.0 Å². The molecular weight excluding hydrogens is 228 g/mol. The zero-order valence-electron chi connectivity index (χ0n) is 8.15. The van der Waals surface area contributed by atoms with Crippen LogP contribution in [0.1, 0.15) is 0 Å². The number of hydrogen-bond acceptors (Lipinski definition) is 5. The molecule has 2 aromatic rings. The van der Waals surface area contributed by atoms with Crippen LogP contribution in [0, 0.1) is 0 Å². The Hall–Kier alpha value is -1.89. The van der Waals surface area contributed by atoms with E-state index < -0.39 is 5.97 Å². The third-order valence-corrected chi connectivity index (χ3v) is 2.53. The van der Waals surface area contributed by atoms with Gasteiger partial charge in [-0.05, 0) is 6.07 Å². The number of aromatic nitrogens is 4. The molecular formula is C9H8N4O2S. The fraction of sp³-hybridized carbons (Fsp3) is 0.111. The summed E-state index contributed by atoms with van der Waals surface area (Å²) in [5, 5.41) is 13.0. The highest BCUT2D eigenvalue weighted by Crippen LogP contribution is 2.13. The Morgan fingerprint density at radius 3 is 3.06 bits per heavy atom. The average Bonchev–Trinajstić information content (AvgIpc) is 2.80. The van der Waals surface area contributed by atoms with Crippen molar-refractivity contribution in [3.8, 4) is 5.82 Å². The van der Waals surface area contributed by atoms with Crippen molar-refractivity contribution in [1.29, 1.82) is 0 Å². The molecule has 0 spiro atoms. The second-order valence-electron chi connectivity index (χ2n) is 2.83. The molecule has 2 heterocycles. The molecule has 0 amide bonds. The van der Waals surface area contributed by atoms with Crippen LogP contribution in [0.2, 0.25) is 0 Å². The van der Waals surface area contributed by atoms with Gasteiger partial charge in [-0.1, -0.05) is 11.8 Å². The number of thioether (sulfide) groups is 1. The van der Waals surface area contributed by atoms with Crippen LogP contribution in [-0.4, -0.2) is 36.6 Å². The SMILES string of the molecule is O=C(O)CSc1nccc(-n2cccn2)n1. The average molecular weight is 236 g/mol. The Balaban J connectivity index is 2.17. The van der Waals surface area contributed by atoms with Crippen molar-refractivity contribution in [1.82, 2.24) is 19.7 Å². The zero-order chi connectivity index (χ0) is 11.4. The predicted octanol–water partition coefficient (Wildman–Crippen LogP) is 0.839. The van der Waals surface area contributed by atoms with E-state index in [1.54, 1.807) is 35.4 Å². The monoisotopic (exact) mass is 236 g/mol. The summed E-state index contributed by atoms with van der Waals surface area (Å²) >= 11 is 1.08. The lowest BCUT2D eigenvalue weighted by Gasteiger charge is -2.01. The van der Waals surface area contributed by atoms with Gasteiger partial charge < -0.3 is 5.11 Å². The molecule has 2 aromatic heterocycles. The van der Waals surface area contributed by atoms with Crippen LogP contribution in [0.3, 0.4) is 0 Å². The Morgan fingerprint density at radius 1 is 1.50 bits per heavy atom. The van der Waals surface area contributed by atoms with Crippen LogP contribution in [-0.2, 0) is 4.79 Å². The quantitative estimate of drug-likeness (QED) is 0.625. The van der Waals surface area contributed by atoms with Gasteiger partial charge in [-0.25, -0.2) is 14.6 Å². The van der Waals surface area contributed by atoms with Crippen LogP contribution in [0.25, 0.3) is 5.82 Å². The van der Waals surface area contributed by atoms with Gasteiger partial charge in [0.1, 0.15) is 0 Å². The molecule has 0 saturated carbocycles. The van der Waals surface area contributed by atoms with Gasteiger partial charge in [-0.2, -0.15) is 5.10 Å². The van der Waals surface area contributed by atoms with Gasteiger partial charge in [0.25, 0.3) is 0 Å². The predicted molar refractivity (Wildman–Crippen MR) is 57.5 cm³/mol. The highest BCUT2D eigenvalue weighted by Gasteiger charge is 2.04. The Labute approximate surface area is 95.3 Å². The second kappa shape index (κ2) is 4.75. The molecule has 0 fully saturated rings. The maximum Gasteiger partial charge on any atom is 0.313 e. The zero-order valence-corrected chi connectivity index (χ0v) is 8.96. The fourth-order valence-electron chi connectivity index (χ4n) is 1.06. The minimum absolute atomic E-state index is 0.0530. The Bertz CT molecular complexity index is 486. The lowest BCUT2D eigenvalue weighted by Crippen LogP contribution is -2.02. The lowest BCUT2D eigenvalue weighted by molar-refractivity contribution is -0.133. The number of carbonyl (C=O) groups is 1. The molecule has 16 heavy (non-hydrogen) atoms. The van der Waals surface area contributed by atoms with Crippen LogP contribution in [0.15, 0.2) is 35.9 Å². The normalized spacial score (nSPS) is 10.2. The lowest BCUT2D eigenvalue weighted by atomic mass is 10.6. The van der Waals surface area contributed by atoms with E-state index in [1.807, 2.05) is 0 Å². The molecule has 0 unspecified atom stereocenters. The van der Waals surface area contributed by atoms with Crippen LogP contribution >= 0.6 is 11.8 Å². The molecule has 1 N–H and O–H groups in total. The first-order valence-corrected chi connectivity index (χ1v) is 5.42. The molecule has 2 rings (SSSR count). The maximum atomic E-state index is 10.4. The number of hydrogen-bond donors (Lipinski definition) is 1. The van der Waals surface area contributed by atoms with E-state index in [9.17, 15) is 4.79 Å². The number of nitrogens with zero attached hydrogens (tertiary/aromatic N) is 4. The molecule has 0 radical (unpaired) electrons. The first-order valence-electron chi connectivity index (χ1n) is 4.43. The molecule has 0 saturated heterocycles. The number of carboxylic acids is 1. The minimum Gasteiger partial charge on any atom is -0.481 e. The van der Waals surface area contributed by atoms with Crippen molar-refractivity contribution < 1.29 is 9.90 Å². The first kappa shape index (κ1) is 10.6. The van der Waals surface area contributed by atoms with Gasteiger partial charge in [-0.15, -0.1) is 0 Å². The highest BCUT2D eigenvalue weighted by molar-refractivity contribution is 7.99. The third kappa shape index (κ3) is 2.57. The van der Waals surface area contributed by atoms with E-state index in [2.05, 4.69) is 15.1 Å². The van der Waals surface area contributed by atoms with Crippen LogP contribution in [0.4, 0.5) is 0 Å². The van der Waals surface area contributed by atoms with E-state index in [1.165, 1.54) is 0 Å². The number of rotatable bonds is 4. The second-order valence-corrected chi connectivity index (χ2v) is 3.77. The molecule has 7 heteroatoms. The van der Waals surface area contributed by atoms with E-state index in [-0.39, 0.29) is 5.75 Å². The molecule has 82 valence electrons. The van der Waals surface area contributed by atoms with Gasteiger partial charge >= 0.3 is 5.97 Å². The summed E-state index contributed by atoms with van der Waals surface area (Å²) in [7, 11) is 0. The van der Waals surface area contributed by atoms with E-state index in [0.717, 1.165) is 11.8 Å². The van der Waals surface area contributed by atoms with E-state index >= 15 is 0 Å². The summed E-state index contributed by atoms with van der Waals surface area (Å²) in [4.78, 5) is 18.5. The van der Waals surface area contributed by atoms with Crippen LogP contribution < -0.4 is 0 Å². The first-order chi connectivity index (χ1) is 7.75. The highest BCUT2D eigenvalue weighted by atomic mass is 32.2. The minimum atomic E-state index is -0.891. The van der Waals surface area contributed by atoms with Crippen molar-refractivity contribution in [2.45, 2.75) is 5.16 Å². The summed E-state index contributed by atoms with van der Waals surface area (Å²) < 4.78 is 1.59. The summed E-state index contributed by atoms with van der Waals surface area (Å²) in [5.41, 5.74) is 0. The van der Waals surface area contributed by atoms with Gasteiger partial charge in [0.05, 0.1) is 5.75 Å². The van der Waals surface area contributed by atoms with E-state index in [0.29, 0.717) is 11.0 Å². The van der Waals surface area contributed by atoms with Gasteiger partial charge in [-0.3, -0.25) is 4.79 Å². The third-order valence-electron chi connectivity index (χ3n) is 1.68. The summed E-state index contributed by atoms with van der Waals surface area (Å²) in [6, 6.07) is 3.49. The molecule has 0 aliphatic carbocycles. The van der Waals surface area contributed by atoms with Crippen molar-refractivity contribution in [3.05, 3.63) is 30.7 Å². The Kier molecular flexibility index (Phi) is 3.16. The summed E-state index contributed by atoms with van der Waals surface area (Å²) in [5.74, 6) is -0.325. The van der Waals surface area contributed by atoms with Crippen molar-refractivity contribution in [2.24, 2.45) is 0 Å². The Morgan fingerprint density at radius 2 is 2.38 bits per heavy atom. The standard InChI is InChI=1S/C9H8N4O2S/c14-8(15)6-16-9-10-4-2-7(12-9)13-5-1-3-11-13/h1-5H,6H2,(H,14,15). The summed E-state index contributed by atoms with van der Waals surface area (Å²) in [6.07, 6.45) is 4.98. The number of aliphatic carboxylic acids is 1. The molecule has 0 aliphatic rings.